The van der Waals surface area contributed by atoms with E-state index in [9.17, 15) is 5.11 Å². The fourth-order valence-corrected chi connectivity index (χ4v) is 3.37. The van der Waals surface area contributed by atoms with Crippen LogP contribution >= 0.6 is 0 Å². The molecule has 22 heavy (non-hydrogen) atoms. The smallest absolute Gasteiger partial charge is 0.141 e. The molecule has 3 nitrogen and oxygen atoms in total. The van der Waals surface area contributed by atoms with E-state index in [1.807, 2.05) is 18.2 Å². The van der Waals surface area contributed by atoms with Crippen molar-refractivity contribution in [3.05, 3.63) is 71.4 Å². The summed E-state index contributed by atoms with van der Waals surface area (Å²) in [6, 6.07) is 16.7. The highest BCUT2D eigenvalue weighted by atomic mass is 16.3. The number of aryl methyl sites for hydroxylation is 1. The average Bonchev–Trinajstić information content (AvgIpc) is 2.98. The first-order valence-electron chi connectivity index (χ1n) is 7.70. The molecule has 0 saturated carbocycles. The number of nitrogens with one attached hydrogen (secondary N) is 1. The van der Waals surface area contributed by atoms with Crippen LogP contribution in [-0.2, 0) is 13.0 Å². The Morgan fingerprint density at radius 1 is 1.09 bits per heavy atom. The van der Waals surface area contributed by atoms with E-state index < -0.39 is 0 Å². The molecule has 1 heterocycles. The Morgan fingerprint density at radius 2 is 2.00 bits per heavy atom. The molecule has 0 aliphatic heterocycles. The van der Waals surface area contributed by atoms with Gasteiger partial charge in [0.2, 0.25) is 0 Å². The number of fused-ring (bicyclic) bond motifs is 2. The summed E-state index contributed by atoms with van der Waals surface area (Å²) in [4.78, 5) is 4.28. The zero-order chi connectivity index (χ0) is 14.9. The maximum absolute atomic E-state index is 9.92. The van der Waals surface area contributed by atoms with Gasteiger partial charge in [-0.05, 0) is 41.7 Å². The van der Waals surface area contributed by atoms with E-state index in [-0.39, 0.29) is 5.75 Å². The van der Waals surface area contributed by atoms with E-state index in [2.05, 4.69) is 34.6 Å². The largest absolute Gasteiger partial charge is 0.506 e. The van der Waals surface area contributed by atoms with Crippen molar-refractivity contribution in [3.8, 4) is 5.75 Å². The molecule has 1 aromatic heterocycles. The lowest BCUT2D eigenvalue weighted by Crippen LogP contribution is -2.18. The van der Waals surface area contributed by atoms with Gasteiger partial charge in [0.15, 0.2) is 0 Å². The highest BCUT2D eigenvalue weighted by Gasteiger charge is 2.21. The number of aromatic hydroxyl groups is 1. The van der Waals surface area contributed by atoms with Crippen molar-refractivity contribution in [3.63, 3.8) is 0 Å². The van der Waals surface area contributed by atoms with Crippen LogP contribution < -0.4 is 5.32 Å². The van der Waals surface area contributed by atoms with Crippen LogP contribution in [0.4, 0.5) is 0 Å². The zero-order valence-corrected chi connectivity index (χ0v) is 12.3. The molecule has 2 aromatic carbocycles. The monoisotopic (exact) mass is 290 g/mol. The number of aromatic nitrogens is 1. The van der Waals surface area contributed by atoms with Crippen molar-refractivity contribution in [2.45, 2.75) is 25.4 Å². The summed E-state index contributed by atoms with van der Waals surface area (Å²) in [5.41, 5.74) is 4.72. The lowest BCUT2D eigenvalue weighted by molar-refractivity contribution is 0.480. The lowest BCUT2D eigenvalue weighted by atomic mass is 10.1. The van der Waals surface area contributed by atoms with Gasteiger partial charge < -0.3 is 10.4 Å². The summed E-state index contributed by atoms with van der Waals surface area (Å²) in [6.07, 6.45) is 4.01. The number of phenolic OH excluding ortho intramolecular Hbond substituents is 1. The number of phenols is 1. The number of hydrogen-bond donors (Lipinski definition) is 2. The van der Waals surface area contributed by atoms with E-state index in [1.54, 1.807) is 12.3 Å². The Balaban J connectivity index is 1.60. The molecule has 110 valence electrons. The van der Waals surface area contributed by atoms with Crippen molar-refractivity contribution in [2.24, 2.45) is 0 Å². The van der Waals surface area contributed by atoms with Crippen LogP contribution in [0.2, 0.25) is 0 Å². The van der Waals surface area contributed by atoms with E-state index in [0.29, 0.717) is 11.6 Å². The van der Waals surface area contributed by atoms with Crippen LogP contribution in [0, 0.1) is 0 Å². The summed E-state index contributed by atoms with van der Waals surface area (Å²) in [6.45, 7) is 0.779. The molecule has 0 radical (unpaired) electrons. The minimum absolute atomic E-state index is 0.241. The maximum Gasteiger partial charge on any atom is 0.141 e. The Hall–Kier alpha value is -2.39. The van der Waals surface area contributed by atoms with Crippen molar-refractivity contribution in [1.29, 1.82) is 0 Å². The van der Waals surface area contributed by atoms with Gasteiger partial charge in [0.25, 0.3) is 0 Å². The Morgan fingerprint density at radius 3 is 2.95 bits per heavy atom. The van der Waals surface area contributed by atoms with Gasteiger partial charge in [-0.3, -0.25) is 4.98 Å². The van der Waals surface area contributed by atoms with Gasteiger partial charge in [0, 0.05) is 24.2 Å². The molecule has 0 spiro atoms. The molecule has 3 aromatic rings. The molecule has 0 amide bonds. The van der Waals surface area contributed by atoms with Crippen molar-refractivity contribution in [1.82, 2.24) is 10.3 Å². The van der Waals surface area contributed by atoms with E-state index in [1.165, 1.54) is 16.7 Å². The molecule has 4 rings (SSSR count). The molecule has 3 heteroatoms. The third-order valence-corrected chi connectivity index (χ3v) is 4.51. The van der Waals surface area contributed by atoms with Gasteiger partial charge in [-0.1, -0.05) is 36.4 Å². The molecule has 2 N–H and O–H groups in total. The quantitative estimate of drug-likeness (QED) is 0.773. The summed E-state index contributed by atoms with van der Waals surface area (Å²) in [7, 11) is 0. The molecular weight excluding hydrogens is 272 g/mol. The summed E-state index contributed by atoms with van der Waals surface area (Å²) < 4.78 is 0. The molecule has 1 aliphatic carbocycles. The summed E-state index contributed by atoms with van der Waals surface area (Å²) in [5, 5.41) is 14.6. The highest BCUT2D eigenvalue weighted by Crippen LogP contribution is 2.32. The second-order valence-corrected chi connectivity index (χ2v) is 5.81. The fourth-order valence-electron chi connectivity index (χ4n) is 3.37. The Bertz CT molecular complexity index is 829. The predicted octanol–water partition coefficient (Wildman–Crippen LogP) is 3.72. The Kier molecular flexibility index (Phi) is 3.28. The molecule has 1 aliphatic rings. The third kappa shape index (κ3) is 2.24. The van der Waals surface area contributed by atoms with E-state index in [4.69, 9.17) is 0 Å². The summed E-state index contributed by atoms with van der Waals surface area (Å²) >= 11 is 0. The van der Waals surface area contributed by atoms with Gasteiger partial charge in [-0.25, -0.2) is 0 Å². The fraction of sp³-hybridized carbons (Fsp3) is 0.211. The first kappa shape index (κ1) is 13.3. The number of nitrogens with zero attached hydrogens (tertiary/aromatic N) is 1. The van der Waals surface area contributed by atoms with Crippen molar-refractivity contribution in [2.75, 3.05) is 0 Å². The van der Waals surface area contributed by atoms with Crippen LogP contribution in [0.25, 0.3) is 10.9 Å². The van der Waals surface area contributed by atoms with Gasteiger partial charge in [0.1, 0.15) is 11.3 Å². The minimum Gasteiger partial charge on any atom is -0.506 e. The van der Waals surface area contributed by atoms with Gasteiger partial charge in [0.05, 0.1) is 0 Å². The summed E-state index contributed by atoms with van der Waals surface area (Å²) in [5.74, 6) is 0.241. The van der Waals surface area contributed by atoms with Crippen LogP contribution in [0.5, 0.6) is 5.75 Å². The van der Waals surface area contributed by atoms with Crippen molar-refractivity contribution >= 4 is 10.9 Å². The highest BCUT2D eigenvalue weighted by molar-refractivity contribution is 5.87. The lowest BCUT2D eigenvalue weighted by Gasteiger charge is -2.15. The predicted molar refractivity (Wildman–Crippen MR) is 87.8 cm³/mol. The van der Waals surface area contributed by atoms with Crippen LogP contribution in [0.3, 0.4) is 0 Å². The first-order valence-corrected chi connectivity index (χ1v) is 7.70. The molecular formula is C19H18N2O. The van der Waals surface area contributed by atoms with Gasteiger partial charge in [-0.2, -0.15) is 0 Å². The molecule has 0 fully saturated rings. The third-order valence-electron chi connectivity index (χ3n) is 4.51. The number of pyridine rings is 1. The molecule has 1 unspecified atom stereocenters. The average molecular weight is 290 g/mol. The first-order chi connectivity index (χ1) is 10.8. The zero-order valence-electron chi connectivity index (χ0n) is 12.3. The second-order valence-electron chi connectivity index (χ2n) is 5.81. The number of rotatable bonds is 3. The Labute approximate surface area is 129 Å². The number of hydrogen-bond acceptors (Lipinski definition) is 3. The van der Waals surface area contributed by atoms with Crippen LogP contribution in [0.1, 0.15) is 29.2 Å². The van der Waals surface area contributed by atoms with Gasteiger partial charge >= 0.3 is 0 Å². The topological polar surface area (TPSA) is 45.1 Å². The van der Waals surface area contributed by atoms with Crippen LogP contribution in [-0.4, -0.2) is 10.1 Å². The van der Waals surface area contributed by atoms with E-state index >= 15 is 0 Å². The van der Waals surface area contributed by atoms with Gasteiger partial charge in [-0.15, -0.1) is 0 Å². The maximum atomic E-state index is 9.92. The molecule has 0 saturated heterocycles. The SMILES string of the molecule is Oc1ccc(CNC2CCc3ccccc32)c2cccnc12. The standard InChI is InChI=1S/C19H18N2O/c22-18-10-8-14(16-6-3-11-20-19(16)18)12-21-17-9-7-13-4-1-2-5-15(13)17/h1-6,8,10-11,17,21-22H,7,9,12H2. The normalized spacial score (nSPS) is 16.8. The van der Waals surface area contributed by atoms with Crippen LogP contribution in [0.15, 0.2) is 54.7 Å². The number of benzene rings is 2. The van der Waals surface area contributed by atoms with E-state index in [0.717, 1.165) is 24.8 Å². The molecule has 0 bridgehead atoms. The molecule has 1 atom stereocenters. The van der Waals surface area contributed by atoms with Crippen molar-refractivity contribution < 1.29 is 5.11 Å². The minimum atomic E-state index is 0.241. The second kappa shape index (κ2) is 5.43.